The summed E-state index contributed by atoms with van der Waals surface area (Å²) in [5.41, 5.74) is 2.12. The number of likely N-dealkylation sites (tertiary alicyclic amines) is 1. The van der Waals surface area contributed by atoms with E-state index in [1.165, 1.54) is 0 Å². The fourth-order valence-corrected chi connectivity index (χ4v) is 3.64. The van der Waals surface area contributed by atoms with Gasteiger partial charge in [0.15, 0.2) is 5.76 Å². The van der Waals surface area contributed by atoms with E-state index >= 15 is 0 Å². The largest absolute Gasteiger partial charge is 0.493 e. The number of furan rings is 1. The van der Waals surface area contributed by atoms with E-state index in [1.54, 1.807) is 6.26 Å². The van der Waals surface area contributed by atoms with Crippen molar-refractivity contribution >= 4 is 5.91 Å². The molecule has 5 nitrogen and oxygen atoms in total. The zero-order chi connectivity index (χ0) is 19.3. The highest BCUT2D eigenvalue weighted by Gasteiger charge is 2.26. The molecule has 3 heterocycles. The van der Waals surface area contributed by atoms with Crippen LogP contribution < -0.4 is 4.74 Å². The maximum atomic E-state index is 13.1. The molecular formula is C23H24N2O3. The SMILES string of the molecule is Cc1nc(-c2ccco2)ccc1C(=O)N1CCCC(COc2ccccc2)C1. The molecule has 0 N–H and O–H groups in total. The van der Waals surface area contributed by atoms with E-state index in [-0.39, 0.29) is 5.91 Å². The predicted molar refractivity (Wildman–Crippen MR) is 107 cm³/mol. The summed E-state index contributed by atoms with van der Waals surface area (Å²) in [6, 6.07) is 17.2. The summed E-state index contributed by atoms with van der Waals surface area (Å²) >= 11 is 0. The second-order valence-electron chi connectivity index (χ2n) is 7.19. The lowest BCUT2D eigenvalue weighted by Crippen LogP contribution is -2.41. The molecule has 0 spiro atoms. The van der Waals surface area contributed by atoms with Gasteiger partial charge >= 0.3 is 0 Å². The van der Waals surface area contributed by atoms with Gasteiger partial charge in [-0.1, -0.05) is 18.2 Å². The third-order valence-electron chi connectivity index (χ3n) is 5.12. The van der Waals surface area contributed by atoms with Crippen LogP contribution in [0.15, 0.2) is 65.3 Å². The number of carbonyl (C=O) groups excluding carboxylic acids is 1. The van der Waals surface area contributed by atoms with Crippen molar-refractivity contribution in [1.82, 2.24) is 9.88 Å². The first kappa shape index (κ1) is 18.3. The maximum absolute atomic E-state index is 13.1. The number of nitrogens with zero attached hydrogens (tertiary/aromatic N) is 2. The fraction of sp³-hybridized carbons (Fsp3) is 0.304. The van der Waals surface area contributed by atoms with E-state index < -0.39 is 0 Å². The van der Waals surface area contributed by atoms with Crippen molar-refractivity contribution in [2.75, 3.05) is 19.7 Å². The molecule has 2 aromatic heterocycles. The van der Waals surface area contributed by atoms with Gasteiger partial charge in [0.1, 0.15) is 11.4 Å². The zero-order valence-corrected chi connectivity index (χ0v) is 16.0. The highest BCUT2D eigenvalue weighted by Crippen LogP contribution is 2.23. The van der Waals surface area contributed by atoms with Crippen molar-refractivity contribution < 1.29 is 13.9 Å². The Kier molecular flexibility index (Phi) is 5.42. The minimum Gasteiger partial charge on any atom is -0.493 e. The lowest BCUT2D eigenvalue weighted by atomic mass is 9.98. The van der Waals surface area contributed by atoms with E-state index in [4.69, 9.17) is 9.15 Å². The van der Waals surface area contributed by atoms with Crippen LogP contribution in [0.5, 0.6) is 5.75 Å². The topological polar surface area (TPSA) is 55.6 Å². The Balaban J connectivity index is 1.41. The second kappa shape index (κ2) is 8.30. The summed E-state index contributed by atoms with van der Waals surface area (Å²) in [4.78, 5) is 19.6. The molecule has 0 radical (unpaired) electrons. The number of piperidine rings is 1. The average molecular weight is 376 g/mol. The van der Waals surface area contributed by atoms with Gasteiger partial charge in [-0.2, -0.15) is 0 Å². The molecule has 1 unspecified atom stereocenters. The van der Waals surface area contributed by atoms with Gasteiger partial charge in [-0.3, -0.25) is 4.79 Å². The third-order valence-corrected chi connectivity index (χ3v) is 5.12. The molecule has 0 aliphatic carbocycles. The van der Waals surface area contributed by atoms with Crippen molar-refractivity contribution in [3.8, 4) is 17.2 Å². The summed E-state index contributed by atoms with van der Waals surface area (Å²) in [6.45, 7) is 3.99. The number of rotatable bonds is 5. The van der Waals surface area contributed by atoms with Gasteiger partial charge in [0.2, 0.25) is 0 Å². The van der Waals surface area contributed by atoms with E-state index in [9.17, 15) is 4.79 Å². The second-order valence-corrected chi connectivity index (χ2v) is 7.19. The predicted octanol–water partition coefficient (Wildman–Crippen LogP) is 4.58. The Labute approximate surface area is 165 Å². The molecule has 144 valence electrons. The molecule has 3 aromatic rings. The lowest BCUT2D eigenvalue weighted by Gasteiger charge is -2.33. The van der Waals surface area contributed by atoms with Crippen molar-refractivity contribution in [2.24, 2.45) is 5.92 Å². The van der Waals surface area contributed by atoms with Crippen LogP contribution in [0.2, 0.25) is 0 Å². The smallest absolute Gasteiger partial charge is 0.255 e. The van der Waals surface area contributed by atoms with E-state index in [0.29, 0.717) is 30.4 Å². The highest BCUT2D eigenvalue weighted by molar-refractivity contribution is 5.95. The molecule has 5 heteroatoms. The molecule has 0 saturated carbocycles. The fourth-order valence-electron chi connectivity index (χ4n) is 3.64. The number of amides is 1. The van der Waals surface area contributed by atoms with Crippen molar-refractivity contribution in [3.05, 3.63) is 72.1 Å². The molecule has 1 aliphatic heterocycles. The minimum atomic E-state index is 0.0420. The van der Waals surface area contributed by atoms with Crippen LogP contribution in [0.4, 0.5) is 0 Å². The van der Waals surface area contributed by atoms with Crippen molar-refractivity contribution in [1.29, 1.82) is 0 Å². The Morgan fingerprint density at radius 2 is 2.04 bits per heavy atom. The first-order valence-corrected chi connectivity index (χ1v) is 9.69. The summed E-state index contributed by atoms with van der Waals surface area (Å²) in [5, 5.41) is 0. The molecule has 1 aromatic carbocycles. The maximum Gasteiger partial charge on any atom is 0.255 e. The number of hydrogen-bond donors (Lipinski definition) is 0. The first-order valence-electron chi connectivity index (χ1n) is 9.69. The standard InChI is InChI=1S/C23H24N2O3/c1-17-20(11-12-21(24-17)22-10-6-14-27-22)23(26)25-13-5-7-18(15-25)16-28-19-8-3-2-4-9-19/h2-4,6,8-12,14,18H,5,7,13,15-16H2,1H3. The molecule has 1 saturated heterocycles. The number of ether oxygens (including phenoxy) is 1. The van der Waals surface area contributed by atoms with Gasteiger partial charge in [0.25, 0.3) is 5.91 Å². The molecule has 1 aliphatic rings. The quantitative estimate of drug-likeness (QED) is 0.654. The number of hydrogen-bond acceptors (Lipinski definition) is 4. The molecular weight excluding hydrogens is 352 g/mol. The van der Waals surface area contributed by atoms with Crippen LogP contribution in [0, 0.1) is 12.8 Å². The Hall–Kier alpha value is -3.08. The van der Waals surface area contributed by atoms with E-state index in [0.717, 1.165) is 36.5 Å². The van der Waals surface area contributed by atoms with Crippen LogP contribution >= 0.6 is 0 Å². The van der Waals surface area contributed by atoms with E-state index in [1.807, 2.05) is 66.4 Å². The number of aromatic nitrogens is 1. The number of pyridine rings is 1. The normalized spacial score (nSPS) is 16.8. The summed E-state index contributed by atoms with van der Waals surface area (Å²) in [7, 11) is 0. The van der Waals surface area contributed by atoms with Crippen LogP contribution in [-0.2, 0) is 0 Å². The van der Waals surface area contributed by atoms with Gasteiger partial charge in [-0.05, 0) is 56.2 Å². The Morgan fingerprint density at radius 1 is 1.18 bits per heavy atom. The van der Waals surface area contributed by atoms with Crippen molar-refractivity contribution in [3.63, 3.8) is 0 Å². The number of aryl methyl sites for hydroxylation is 1. The van der Waals surface area contributed by atoms with Crippen LogP contribution in [0.25, 0.3) is 11.5 Å². The molecule has 4 rings (SSSR count). The summed E-state index contributed by atoms with van der Waals surface area (Å²) in [5.74, 6) is 1.96. The van der Waals surface area contributed by atoms with Gasteiger partial charge in [0.05, 0.1) is 24.1 Å². The van der Waals surface area contributed by atoms with Gasteiger partial charge in [-0.25, -0.2) is 4.98 Å². The monoisotopic (exact) mass is 376 g/mol. The third kappa shape index (κ3) is 4.09. The Morgan fingerprint density at radius 3 is 2.79 bits per heavy atom. The minimum absolute atomic E-state index is 0.0420. The molecule has 1 amide bonds. The molecule has 1 fully saturated rings. The van der Waals surface area contributed by atoms with E-state index in [2.05, 4.69) is 4.98 Å². The van der Waals surface area contributed by atoms with Gasteiger partial charge < -0.3 is 14.1 Å². The van der Waals surface area contributed by atoms with Gasteiger partial charge in [0, 0.05) is 19.0 Å². The van der Waals surface area contributed by atoms with Crippen molar-refractivity contribution in [2.45, 2.75) is 19.8 Å². The van der Waals surface area contributed by atoms with Crippen LogP contribution in [0.1, 0.15) is 28.9 Å². The summed E-state index contributed by atoms with van der Waals surface area (Å²) in [6.07, 6.45) is 3.69. The average Bonchev–Trinajstić information content (AvgIpc) is 3.28. The highest BCUT2D eigenvalue weighted by atomic mass is 16.5. The number of benzene rings is 1. The molecule has 0 bridgehead atoms. The zero-order valence-electron chi connectivity index (χ0n) is 16.0. The first-order chi connectivity index (χ1) is 13.7. The number of para-hydroxylation sites is 1. The molecule has 28 heavy (non-hydrogen) atoms. The summed E-state index contributed by atoms with van der Waals surface area (Å²) < 4.78 is 11.3. The lowest BCUT2D eigenvalue weighted by molar-refractivity contribution is 0.0632. The Bertz CT molecular complexity index is 922. The molecule has 1 atom stereocenters. The van der Waals surface area contributed by atoms with Crippen LogP contribution in [-0.4, -0.2) is 35.5 Å². The van der Waals surface area contributed by atoms with Crippen LogP contribution in [0.3, 0.4) is 0 Å². The number of carbonyl (C=O) groups is 1. The van der Waals surface area contributed by atoms with Gasteiger partial charge in [-0.15, -0.1) is 0 Å².